The van der Waals surface area contributed by atoms with E-state index in [1.807, 2.05) is 18.2 Å². The molecule has 0 radical (unpaired) electrons. The molecule has 136 valence electrons. The number of hydroxylamine groups is 1. The van der Waals surface area contributed by atoms with Gasteiger partial charge in [-0.1, -0.05) is 54.1 Å². The maximum Gasteiger partial charge on any atom is 0.255 e. The summed E-state index contributed by atoms with van der Waals surface area (Å²) in [6.45, 7) is 0. The van der Waals surface area contributed by atoms with Crippen molar-refractivity contribution in [1.82, 2.24) is 10.5 Å². The largest absolute Gasteiger partial charge is 0.322 e. The molecule has 0 spiro atoms. The molecule has 0 saturated heterocycles. The number of aromatic nitrogens is 1. The molecular weight excluding hydrogens is 366 g/mol. The van der Waals surface area contributed by atoms with Gasteiger partial charge in [-0.25, -0.2) is 10.5 Å². The molecule has 7 heteroatoms. The first-order chi connectivity index (χ1) is 13.1. The fourth-order valence-corrected chi connectivity index (χ4v) is 2.92. The minimum absolute atomic E-state index is 0.222. The van der Waals surface area contributed by atoms with Crippen molar-refractivity contribution in [2.24, 2.45) is 0 Å². The van der Waals surface area contributed by atoms with Crippen LogP contribution in [0.4, 0.5) is 5.69 Å². The van der Waals surface area contributed by atoms with Crippen molar-refractivity contribution in [3.05, 3.63) is 94.8 Å². The van der Waals surface area contributed by atoms with Crippen LogP contribution in [0.25, 0.3) is 0 Å². The molecule has 0 bridgehead atoms. The van der Waals surface area contributed by atoms with Gasteiger partial charge in [0.25, 0.3) is 11.8 Å². The van der Waals surface area contributed by atoms with Gasteiger partial charge in [0, 0.05) is 17.4 Å². The van der Waals surface area contributed by atoms with E-state index in [4.69, 9.17) is 16.8 Å². The van der Waals surface area contributed by atoms with Gasteiger partial charge in [-0.2, -0.15) is 0 Å². The number of benzene rings is 2. The first-order valence-corrected chi connectivity index (χ1v) is 8.48. The van der Waals surface area contributed by atoms with Crippen molar-refractivity contribution >= 4 is 29.1 Å². The first-order valence-electron chi connectivity index (χ1n) is 8.10. The Hall–Kier alpha value is -3.22. The average molecular weight is 382 g/mol. The second-order valence-corrected chi connectivity index (χ2v) is 6.15. The number of carbonyl (C=O) groups excluding carboxylic acids is 2. The number of rotatable bonds is 5. The number of nitrogens with zero attached hydrogens (tertiary/aromatic N) is 1. The van der Waals surface area contributed by atoms with Gasteiger partial charge in [-0.3, -0.25) is 14.8 Å². The summed E-state index contributed by atoms with van der Waals surface area (Å²) in [5.74, 6) is -1.63. The van der Waals surface area contributed by atoms with Crippen LogP contribution in [0.2, 0.25) is 5.15 Å². The van der Waals surface area contributed by atoms with Crippen LogP contribution < -0.4 is 10.8 Å². The quantitative estimate of drug-likeness (QED) is 0.357. The summed E-state index contributed by atoms with van der Waals surface area (Å²) in [6, 6.07) is 19.0. The highest BCUT2D eigenvalue weighted by molar-refractivity contribution is 6.29. The van der Waals surface area contributed by atoms with Crippen LogP contribution in [0.5, 0.6) is 0 Å². The minimum Gasteiger partial charge on any atom is -0.322 e. The standard InChI is InChI=1S/C20H16ClN3O3/c21-17-12-15(9-10-22-17)19(25)23-16-8-4-7-14(11-16)18(20(26)24-27)13-5-2-1-3-6-13/h1-12,18,27H,(H,23,25)(H,24,26). The Labute approximate surface area is 160 Å². The van der Waals surface area contributed by atoms with Crippen molar-refractivity contribution in [2.45, 2.75) is 5.92 Å². The molecule has 3 aromatic rings. The molecular formula is C20H16ClN3O3. The van der Waals surface area contributed by atoms with Gasteiger partial charge in [0.15, 0.2) is 0 Å². The predicted molar refractivity (Wildman–Crippen MR) is 102 cm³/mol. The zero-order valence-electron chi connectivity index (χ0n) is 14.1. The van der Waals surface area contributed by atoms with Crippen LogP contribution in [-0.4, -0.2) is 22.0 Å². The fourth-order valence-electron chi connectivity index (χ4n) is 2.75. The molecule has 1 aromatic heterocycles. The number of nitrogens with one attached hydrogen (secondary N) is 2. The lowest BCUT2D eigenvalue weighted by atomic mass is 9.90. The zero-order valence-corrected chi connectivity index (χ0v) is 14.9. The third-order valence-corrected chi connectivity index (χ3v) is 4.18. The van der Waals surface area contributed by atoms with E-state index in [0.29, 0.717) is 22.4 Å². The Morgan fingerprint density at radius 2 is 1.70 bits per heavy atom. The highest BCUT2D eigenvalue weighted by Crippen LogP contribution is 2.27. The van der Waals surface area contributed by atoms with Gasteiger partial charge < -0.3 is 5.32 Å². The maximum atomic E-state index is 12.4. The summed E-state index contributed by atoms with van der Waals surface area (Å²) in [5.41, 5.74) is 3.93. The lowest BCUT2D eigenvalue weighted by Gasteiger charge is -2.17. The summed E-state index contributed by atoms with van der Waals surface area (Å²) in [7, 11) is 0. The van der Waals surface area contributed by atoms with Gasteiger partial charge in [-0.05, 0) is 35.4 Å². The Kier molecular flexibility index (Phi) is 5.80. The van der Waals surface area contributed by atoms with Gasteiger partial charge >= 0.3 is 0 Å². The number of pyridine rings is 1. The average Bonchev–Trinajstić information content (AvgIpc) is 2.69. The van der Waals surface area contributed by atoms with E-state index >= 15 is 0 Å². The molecule has 1 heterocycles. The number of amides is 2. The minimum atomic E-state index is -0.719. The van der Waals surface area contributed by atoms with E-state index in [1.165, 1.54) is 12.3 Å². The molecule has 2 amide bonds. The number of hydrogen-bond acceptors (Lipinski definition) is 4. The molecule has 3 rings (SSSR count). The van der Waals surface area contributed by atoms with Crippen molar-refractivity contribution in [1.29, 1.82) is 0 Å². The normalized spacial score (nSPS) is 11.5. The number of anilines is 1. The molecule has 0 aliphatic heterocycles. The van der Waals surface area contributed by atoms with Crippen LogP contribution in [0.15, 0.2) is 72.9 Å². The predicted octanol–water partition coefficient (Wildman–Crippen LogP) is 3.62. The molecule has 3 N–H and O–H groups in total. The smallest absolute Gasteiger partial charge is 0.255 e. The Bertz CT molecular complexity index is 963. The molecule has 1 atom stereocenters. The third kappa shape index (κ3) is 4.49. The van der Waals surface area contributed by atoms with Crippen LogP contribution in [0.3, 0.4) is 0 Å². The maximum absolute atomic E-state index is 12.4. The van der Waals surface area contributed by atoms with Crippen molar-refractivity contribution in [3.63, 3.8) is 0 Å². The summed E-state index contributed by atoms with van der Waals surface area (Å²) in [5, 5.41) is 12.1. The van der Waals surface area contributed by atoms with Crippen molar-refractivity contribution in [2.75, 3.05) is 5.32 Å². The van der Waals surface area contributed by atoms with E-state index in [1.54, 1.807) is 47.9 Å². The molecule has 2 aromatic carbocycles. The monoisotopic (exact) mass is 381 g/mol. The Morgan fingerprint density at radius 3 is 2.41 bits per heavy atom. The van der Waals surface area contributed by atoms with E-state index in [9.17, 15) is 9.59 Å². The summed E-state index contributed by atoms with van der Waals surface area (Å²) >= 11 is 5.82. The highest BCUT2D eigenvalue weighted by atomic mass is 35.5. The van der Waals surface area contributed by atoms with Crippen molar-refractivity contribution in [3.8, 4) is 0 Å². The molecule has 6 nitrogen and oxygen atoms in total. The summed E-state index contributed by atoms with van der Waals surface area (Å²) in [6.07, 6.45) is 1.45. The third-order valence-electron chi connectivity index (χ3n) is 3.97. The van der Waals surface area contributed by atoms with E-state index in [0.717, 1.165) is 0 Å². The second kappa shape index (κ2) is 8.44. The van der Waals surface area contributed by atoms with E-state index in [2.05, 4.69) is 10.3 Å². The second-order valence-electron chi connectivity index (χ2n) is 5.77. The molecule has 1 unspecified atom stereocenters. The molecule has 0 aliphatic carbocycles. The zero-order chi connectivity index (χ0) is 19.2. The van der Waals surface area contributed by atoms with Crippen LogP contribution >= 0.6 is 11.6 Å². The van der Waals surface area contributed by atoms with E-state index in [-0.39, 0.29) is 11.1 Å². The lowest BCUT2D eigenvalue weighted by Crippen LogP contribution is -2.27. The SMILES string of the molecule is O=C(Nc1cccc(C(C(=O)NO)c2ccccc2)c1)c1ccnc(Cl)c1. The fraction of sp³-hybridized carbons (Fsp3) is 0.0500. The molecule has 0 aliphatic rings. The number of hydrogen-bond donors (Lipinski definition) is 3. The Balaban J connectivity index is 1.89. The van der Waals surface area contributed by atoms with Crippen LogP contribution in [0, 0.1) is 0 Å². The van der Waals surface area contributed by atoms with E-state index < -0.39 is 11.8 Å². The first kappa shape index (κ1) is 18.6. The lowest BCUT2D eigenvalue weighted by molar-refractivity contribution is -0.129. The van der Waals surface area contributed by atoms with Gasteiger partial charge in [0.05, 0.1) is 5.92 Å². The van der Waals surface area contributed by atoms with Crippen LogP contribution in [-0.2, 0) is 4.79 Å². The van der Waals surface area contributed by atoms with Gasteiger partial charge in [0.1, 0.15) is 5.15 Å². The van der Waals surface area contributed by atoms with Crippen LogP contribution in [0.1, 0.15) is 27.4 Å². The molecule has 27 heavy (non-hydrogen) atoms. The van der Waals surface area contributed by atoms with Crippen molar-refractivity contribution < 1.29 is 14.8 Å². The molecule has 0 saturated carbocycles. The molecule has 0 fully saturated rings. The Morgan fingerprint density at radius 1 is 0.963 bits per heavy atom. The highest BCUT2D eigenvalue weighted by Gasteiger charge is 2.22. The topological polar surface area (TPSA) is 91.3 Å². The summed E-state index contributed by atoms with van der Waals surface area (Å²) in [4.78, 5) is 28.5. The number of carbonyl (C=O) groups is 2. The van der Waals surface area contributed by atoms with Gasteiger partial charge in [0.2, 0.25) is 0 Å². The van der Waals surface area contributed by atoms with Gasteiger partial charge in [-0.15, -0.1) is 0 Å². The summed E-state index contributed by atoms with van der Waals surface area (Å²) < 4.78 is 0. The number of halogens is 1.